The number of anilines is 1. The van der Waals surface area contributed by atoms with Gasteiger partial charge in [-0.15, -0.1) is 0 Å². The van der Waals surface area contributed by atoms with E-state index >= 15 is 0 Å². The molecule has 0 aliphatic carbocycles. The molecule has 0 aliphatic heterocycles. The highest BCUT2D eigenvalue weighted by molar-refractivity contribution is 5.39. The Balaban J connectivity index is 2.60. The lowest BCUT2D eigenvalue weighted by molar-refractivity contribution is 0.187. The van der Waals surface area contributed by atoms with Gasteiger partial charge in [-0.3, -0.25) is 0 Å². The van der Waals surface area contributed by atoms with Crippen LogP contribution in [0.3, 0.4) is 0 Å². The predicted octanol–water partition coefficient (Wildman–Crippen LogP) is 1.30. The number of rotatable bonds is 5. The maximum atomic E-state index is 9.18. The van der Waals surface area contributed by atoms with E-state index in [1.54, 1.807) is 14.0 Å². The van der Waals surface area contributed by atoms with Gasteiger partial charge in [-0.2, -0.15) is 4.98 Å². The van der Waals surface area contributed by atoms with Crippen LogP contribution in [0.25, 0.3) is 0 Å². The topological polar surface area (TPSA) is 45.6 Å². The van der Waals surface area contributed by atoms with Crippen LogP contribution in [0.2, 0.25) is 0 Å². The van der Waals surface area contributed by atoms with Crippen LogP contribution in [-0.2, 0) is 0 Å². The molecule has 0 radical (unpaired) electrons. The van der Waals surface area contributed by atoms with Crippen LogP contribution in [0.4, 0.5) is 5.82 Å². The Morgan fingerprint density at radius 2 is 2.27 bits per heavy atom. The average Bonchev–Trinajstić information content (AvgIpc) is 2.26. The number of aliphatic hydroxyl groups is 1. The highest BCUT2D eigenvalue weighted by Crippen LogP contribution is 2.14. The Kier molecular flexibility index (Phi) is 4.37. The number of methoxy groups -OCH3 is 1. The van der Waals surface area contributed by atoms with Gasteiger partial charge in [-0.25, -0.2) is 0 Å². The van der Waals surface area contributed by atoms with Crippen molar-refractivity contribution >= 4 is 5.82 Å². The zero-order valence-corrected chi connectivity index (χ0v) is 9.47. The first-order valence-electron chi connectivity index (χ1n) is 5.03. The van der Waals surface area contributed by atoms with E-state index in [2.05, 4.69) is 4.98 Å². The molecule has 0 aliphatic rings. The molecule has 4 heteroatoms. The number of hydrogen-bond donors (Lipinski definition) is 1. The molecular weight excluding hydrogens is 192 g/mol. The molecule has 0 saturated carbocycles. The largest absolute Gasteiger partial charge is 0.481 e. The van der Waals surface area contributed by atoms with E-state index < -0.39 is 0 Å². The first-order chi connectivity index (χ1) is 7.13. The molecule has 4 nitrogen and oxygen atoms in total. The SMILES string of the molecule is COc1cccc(N(C)CCC(C)O)n1. The van der Waals surface area contributed by atoms with Gasteiger partial charge in [0.05, 0.1) is 13.2 Å². The number of nitrogens with zero attached hydrogens (tertiary/aromatic N) is 2. The molecule has 84 valence electrons. The first-order valence-corrected chi connectivity index (χ1v) is 5.03. The molecular formula is C11H18N2O2. The van der Waals surface area contributed by atoms with Crippen LogP contribution in [0.1, 0.15) is 13.3 Å². The minimum Gasteiger partial charge on any atom is -0.481 e. The molecule has 1 rings (SSSR count). The Bertz CT molecular complexity index is 302. The summed E-state index contributed by atoms with van der Waals surface area (Å²) in [7, 11) is 3.55. The van der Waals surface area contributed by atoms with Crippen molar-refractivity contribution in [1.29, 1.82) is 0 Å². The third kappa shape index (κ3) is 3.75. The fourth-order valence-electron chi connectivity index (χ4n) is 1.23. The van der Waals surface area contributed by atoms with Gasteiger partial charge in [0, 0.05) is 19.7 Å². The molecule has 1 atom stereocenters. The Labute approximate surface area is 90.5 Å². The Morgan fingerprint density at radius 1 is 1.53 bits per heavy atom. The normalized spacial score (nSPS) is 12.3. The smallest absolute Gasteiger partial charge is 0.214 e. The lowest BCUT2D eigenvalue weighted by Gasteiger charge is -2.19. The zero-order chi connectivity index (χ0) is 11.3. The molecule has 0 aromatic carbocycles. The second kappa shape index (κ2) is 5.56. The zero-order valence-electron chi connectivity index (χ0n) is 9.47. The fraction of sp³-hybridized carbons (Fsp3) is 0.545. The summed E-state index contributed by atoms with van der Waals surface area (Å²) < 4.78 is 5.04. The number of pyridine rings is 1. The van der Waals surface area contributed by atoms with Crippen molar-refractivity contribution in [2.45, 2.75) is 19.4 Å². The first kappa shape index (κ1) is 11.8. The van der Waals surface area contributed by atoms with Crippen molar-refractivity contribution < 1.29 is 9.84 Å². The van der Waals surface area contributed by atoms with E-state index in [0.29, 0.717) is 5.88 Å². The van der Waals surface area contributed by atoms with E-state index in [1.165, 1.54) is 0 Å². The maximum absolute atomic E-state index is 9.18. The molecule has 1 aromatic heterocycles. The second-order valence-electron chi connectivity index (χ2n) is 3.60. The Morgan fingerprint density at radius 3 is 2.87 bits per heavy atom. The van der Waals surface area contributed by atoms with Gasteiger partial charge in [0.25, 0.3) is 0 Å². The summed E-state index contributed by atoms with van der Waals surface area (Å²) in [4.78, 5) is 6.29. The molecule has 1 unspecified atom stereocenters. The third-order valence-electron chi connectivity index (χ3n) is 2.19. The molecule has 1 N–H and O–H groups in total. The number of aromatic nitrogens is 1. The molecule has 15 heavy (non-hydrogen) atoms. The van der Waals surface area contributed by atoms with Crippen molar-refractivity contribution in [2.24, 2.45) is 0 Å². The van der Waals surface area contributed by atoms with E-state index in [4.69, 9.17) is 4.74 Å². The molecule has 0 bridgehead atoms. The molecule has 1 heterocycles. The summed E-state index contributed by atoms with van der Waals surface area (Å²) in [5.41, 5.74) is 0. The van der Waals surface area contributed by atoms with Gasteiger partial charge in [-0.1, -0.05) is 6.07 Å². The van der Waals surface area contributed by atoms with Crippen molar-refractivity contribution in [2.75, 3.05) is 25.6 Å². The molecule has 0 amide bonds. The van der Waals surface area contributed by atoms with E-state index in [-0.39, 0.29) is 6.10 Å². The van der Waals surface area contributed by atoms with Gasteiger partial charge in [-0.05, 0) is 19.4 Å². The minimum atomic E-state index is -0.280. The summed E-state index contributed by atoms with van der Waals surface area (Å²) in [5, 5.41) is 9.18. The number of aliphatic hydroxyl groups excluding tert-OH is 1. The van der Waals surface area contributed by atoms with Crippen LogP contribution in [0, 0.1) is 0 Å². The molecule has 0 fully saturated rings. The molecule has 0 saturated heterocycles. The van der Waals surface area contributed by atoms with Crippen molar-refractivity contribution in [3.05, 3.63) is 18.2 Å². The average molecular weight is 210 g/mol. The lowest BCUT2D eigenvalue weighted by atomic mass is 10.3. The highest BCUT2D eigenvalue weighted by Gasteiger charge is 2.05. The monoisotopic (exact) mass is 210 g/mol. The van der Waals surface area contributed by atoms with E-state index in [1.807, 2.05) is 30.1 Å². The van der Waals surface area contributed by atoms with Crippen molar-refractivity contribution in [3.8, 4) is 5.88 Å². The maximum Gasteiger partial charge on any atom is 0.214 e. The van der Waals surface area contributed by atoms with Gasteiger partial charge in [0.1, 0.15) is 5.82 Å². The summed E-state index contributed by atoms with van der Waals surface area (Å²) in [6.07, 6.45) is 0.452. The quantitative estimate of drug-likeness (QED) is 0.795. The van der Waals surface area contributed by atoms with Crippen LogP contribution in [0.15, 0.2) is 18.2 Å². The van der Waals surface area contributed by atoms with Gasteiger partial charge in [0.2, 0.25) is 5.88 Å². The molecule has 1 aromatic rings. The highest BCUT2D eigenvalue weighted by atomic mass is 16.5. The number of ether oxygens (including phenoxy) is 1. The summed E-state index contributed by atoms with van der Waals surface area (Å²) in [5.74, 6) is 1.46. The van der Waals surface area contributed by atoms with Gasteiger partial charge >= 0.3 is 0 Å². The standard InChI is InChI=1S/C11H18N2O2/c1-9(14)7-8-13(2)10-5-4-6-11(12-10)15-3/h4-6,9,14H,7-8H2,1-3H3. The summed E-state index contributed by atoms with van der Waals surface area (Å²) in [6, 6.07) is 5.64. The van der Waals surface area contributed by atoms with Crippen molar-refractivity contribution in [3.63, 3.8) is 0 Å². The van der Waals surface area contributed by atoms with Gasteiger partial charge in [0.15, 0.2) is 0 Å². The summed E-state index contributed by atoms with van der Waals surface area (Å²) in [6.45, 7) is 2.56. The minimum absolute atomic E-state index is 0.280. The third-order valence-corrected chi connectivity index (χ3v) is 2.19. The molecule has 0 spiro atoms. The summed E-state index contributed by atoms with van der Waals surface area (Å²) >= 11 is 0. The second-order valence-corrected chi connectivity index (χ2v) is 3.60. The predicted molar refractivity (Wildman–Crippen MR) is 60.4 cm³/mol. The fourth-order valence-corrected chi connectivity index (χ4v) is 1.23. The van der Waals surface area contributed by atoms with Crippen LogP contribution in [-0.4, -0.2) is 36.9 Å². The van der Waals surface area contributed by atoms with Crippen LogP contribution in [0.5, 0.6) is 5.88 Å². The lowest BCUT2D eigenvalue weighted by Crippen LogP contribution is -2.22. The van der Waals surface area contributed by atoms with Crippen molar-refractivity contribution in [1.82, 2.24) is 4.98 Å². The van der Waals surface area contributed by atoms with Gasteiger partial charge < -0.3 is 14.7 Å². The van der Waals surface area contributed by atoms with Crippen LogP contribution >= 0.6 is 0 Å². The Hall–Kier alpha value is -1.29. The number of hydrogen-bond acceptors (Lipinski definition) is 4. The van der Waals surface area contributed by atoms with E-state index in [0.717, 1.165) is 18.8 Å². The van der Waals surface area contributed by atoms with E-state index in [9.17, 15) is 5.11 Å². The van der Waals surface area contributed by atoms with Crippen LogP contribution < -0.4 is 9.64 Å².